The van der Waals surface area contributed by atoms with Crippen LogP contribution in [-0.4, -0.2) is 72.6 Å². The van der Waals surface area contributed by atoms with Gasteiger partial charge in [-0.25, -0.2) is 14.4 Å². The summed E-state index contributed by atoms with van der Waals surface area (Å²) in [6, 6.07) is 7.74. The number of imidazole rings is 1. The summed E-state index contributed by atoms with van der Waals surface area (Å²) in [5.74, 6) is -0.903. The Morgan fingerprint density at radius 2 is 1.88 bits per heavy atom. The van der Waals surface area contributed by atoms with Gasteiger partial charge < -0.3 is 14.4 Å². The van der Waals surface area contributed by atoms with E-state index >= 15 is 4.39 Å². The number of rotatable bonds is 6. The molecule has 6 rings (SSSR count). The van der Waals surface area contributed by atoms with Crippen molar-refractivity contribution >= 4 is 22.9 Å². The molecule has 4 aromatic rings. The molecule has 2 fully saturated rings. The highest BCUT2D eigenvalue weighted by Gasteiger charge is 2.28. The van der Waals surface area contributed by atoms with Crippen LogP contribution in [0.3, 0.4) is 0 Å². The number of hydrogen-bond acceptors (Lipinski definition) is 7. The summed E-state index contributed by atoms with van der Waals surface area (Å²) in [6.07, 6.45) is 4.13. The number of aliphatic hydroxyl groups excluding tert-OH is 1. The second-order valence-corrected chi connectivity index (χ2v) is 11.2. The van der Waals surface area contributed by atoms with E-state index in [1.165, 1.54) is 6.07 Å². The minimum Gasteiger partial charge on any atom is -0.393 e. The first-order valence-corrected chi connectivity index (χ1v) is 14.2. The number of aromatic nitrogens is 5. The Bertz CT molecular complexity index is 1580. The number of carbonyl (C=O) groups is 1. The van der Waals surface area contributed by atoms with E-state index in [0.717, 1.165) is 68.0 Å². The number of carbonyl (C=O) groups excluding carboxylic acids is 1. The quantitative estimate of drug-likeness (QED) is 0.364. The Morgan fingerprint density at radius 1 is 1.12 bits per heavy atom. The Hall–Kier alpha value is -3.67. The monoisotopic (exact) mass is 561 g/mol. The molecule has 1 aromatic carbocycles. The number of aryl methyl sites for hydroxylation is 2. The Labute approximate surface area is 238 Å². The zero-order valence-electron chi connectivity index (χ0n) is 23.7. The molecule has 41 heavy (non-hydrogen) atoms. The molecule has 1 amide bonds. The normalized spacial score (nSPS) is 20.0. The fraction of sp³-hybridized carbons (Fsp3) is 0.467. The van der Waals surface area contributed by atoms with Crippen molar-refractivity contribution in [3.8, 4) is 11.3 Å². The standard InChI is InChI=1S/C30H36FN7O3/c1-18-14-23(27(31)28(33-18)24-16-32-36(3)19(24)2)29(40)35-30-34-25-15-20(17-37-10-12-41-13-11-37)4-9-26(25)38(30)21-5-7-22(39)8-6-21/h4,9,14-16,21-22,39H,5-8,10-13,17H2,1-3H3,(H,34,35,40). The number of fused-ring (bicyclic) bond motifs is 1. The average Bonchev–Trinajstić information content (AvgIpc) is 3.49. The number of halogens is 1. The molecule has 1 aliphatic heterocycles. The van der Waals surface area contributed by atoms with Gasteiger partial charge in [0.2, 0.25) is 5.95 Å². The van der Waals surface area contributed by atoms with Crippen LogP contribution in [0.5, 0.6) is 0 Å². The Balaban J connectivity index is 1.36. The Kier molecular flexibility index (Phi) is 7.58. The van der Waals surface area contributed by atoms with Gasteiger partial charge in [-0.1, -0.05) is 6.07 Å². The molecule has 0 spiro atoms. The number of nitrogens with one attached hydrogen (secondary N) is 1. The van der Waals surface area contributed by atoms with Crippen LogP contribution in [0.4, 0.5) is 10.3 Å². The number of benzene rings is 1. The summed E-state index contributed by atoms with van der Waals surface area (Å²) < 4.78 is 25.0. The number of anilines is 1. The lowest BCUT2D eigenvalue weighted by Gasteiger charge is -2.28. The zero-order valence-corrected chi connectivity index (χ0v) is 23.7. The molecule has 3 aromatic heterocycles. The SMILES string of the molecule is Cc1cc(C(=O)Nc2nc3cc(CN4CCOCC4)ccc3n2C2CCC(O)CC2)c(F)c(-c2cnn(C)c2C)n1. The predicted octanol–water partition coefficient (Wildman–Crippen LogP) is 4.15. The minimum atomic E-state index is -0.694. The largest absolute Gasteiger partial charge is 0.393 e. The molecule has 0 bridgehead atoms. The zero-order chi connectivity index (χ0) is 28.7. The van der Waals surface area contributed by atoms with Gasteiger partial charge >= 0.3 is 0 Å². The van der Waals surface area contributed by atoms with Crippen LogP contribution in [0.2, 0.25) is 0 Å². The molecule has 11 heteroatoms. The van der Waals surface area contributed by atoms with E-state index in [1.807, 2.05) is 6.92 Å². The molecule has 1 saturated heterocycles. The second kappa shape index (κ2) is 11.3. The van der Waals surface area contributed by atoms with Crippen molar-refractivity contribution < 1.29 is 19.0 Å². The molecule has 0 atom stereocenters. The second-order valence-electron chi connectivity index (χ2n) is 11.2. The summed E-state index contributed by atoms with van der Waals surface area (Å²) in [5.41, 5.74) is 4.64. The summed E-state index contributed by atoms with van der Waals surface area (Å²) in [7, 11) is 1.78. The van der Waals surface area contributed by atoms with E-state index in [0.29, 0.717) is 30.0 Å². The first kappa shape index (κ1) is 27.5. The van der Waals surface area contributed by atoms with Gasteiger partial charge in [0.1, 0.15) is 5.69 Å². The summed E-state index contributed by atoms with van der Waals surface area (Å²) in [6.45, 7) is 7.60. The molecule has 2 aliphatic rings. The number of hydrogen-bond donors (Lipinski definition) is 2. The van der Waals surface area contributed by atoms with E-state index in [9.17, 15) is 9.90 Å². The molecule has 0 unspecified atom stereocenters. The van der Waals surface area contributed by atoms with Gasteiger partial charge in [0.05, 0.1) is 42.1 Å². The molecule has 2 N–H and O–H groups in total. The van der Waals surface area contributed by atoms with Crippen LogP contribution < -0.4 is 5.32 Å². The fourth-order valence-corrected chi connectivity index (χ4v) is 5.94. The van der Waals surface area contributed by atoms with E-state index in [2.05, 4.69) is 43.1 Å². The van der Waals surface area contributed by atoms with Crippen LogP contribution in [-0.2, 0) is 18.3 Å². The van der Waals surface area contributed by atoms with Crippen molar-refractivity contribution in [3.63, 3.8) is 0 Å². The van der Waals surface area contributed by atoms with Crippen molar-refractivity contribution in [2.24, 2.45) is 7.05 Å². The van der Waals surface area contributed by atoms with E-state index in [1.54, 1.807) is 24.9 Å². The summed E-state index contributed by atoms with van der Waals surface area (Å²) >= 11 is 0. The number of morpholine rings is 1. The maximum atomic E-state index is 15.8. The smallest absolute Gasteiger partial charge is 0.261 e. The summed E-state index contributed by atoms with van der Waals surface area (Å²) in [5, 5.41) is 17.3. The van der Waals surface area contributed by atoms with Crippen LogP contribution >= 0.6 is 0 Å². The van der Waals surface area contributed by atoms with Gasteiger partial charge in [-0.2, -0.15) is 5.10 Å². The first-order valence-electron chi connectivity index (χ1n) is 14.2. The maximum absolute atomic E-state index is 15.8. The molecular weight excluding hydrogens is 525 g/mol. The van der Waals surface area contributed by atoms with Crippen LogP contribution in [0.25, 0.3) is 22.3 Å². The van der Waals surface area contributed by atoms with E-state index < -0.39 is 11.7 Å². The third kappa shape index (κ3) is 5.49. The predicted molar refractivity (Wildman–Crippen MR) is 153 cm³/mol. The summed E-state index contributed by atoms with van der Waals surface area (Å²) in [4.78, 5) is 25.2. The minimum absolute atomic E-state index is 0.0569. The lowest BCUT2D eigenvalue weighted by molar-refractivity contribution is 0.0342. The van der Waals surface area contributed by atoms with Gasteiger partial charge in [-0.15, -0.1) is 0 Å². The number of amides is 1. The third-order valence-electron chi connectivity index (χ3n) is 8.34. The fourth-order valence-electron chi connectivity index (χ4n) is 5.94. The van der Waals surface area contributed by atoms with E-state index in [4.69, 9.17) is 9.72 Å². The van der Waals surface area contributed by atoms with Crippen LogP contribution in [0.15, 0.2) is 30.5 Å². The van der Waals surface area contributed by atoms with Crippen molar-refractivity contribution in [2.45, 2.75) is 58.2 Å². The lowest BCUT2D eigenvalue weighted by Crippen LogP contribution is -2.35. The average molecular weight is 562 g/mol. The van der Waals surface area contributed by atoms with E-state index in [-0.39, 0.29) is 23.4 Å². The third-order valence-corrected chi connectivity index (χ3v) is 8.34. The van der Waals surface area contributed by atoms with Crippen LogP contribution in [0.1, 0.15) is 59.0 Å². The van der Waals surface area contributed by atoms with Crippen molar-refractivity contribution in [1.82, 2.24) is 29.2 Å². The van der Waals surface area contributed by atoms with Gasteiger partial charge in [0, 0.05) is 49.7 Å². The number of aliphatic hydroxyl groups is 1. The first-order chi connectivity index (χ1) is 19.8. The highest BCUT2D eigenvalue weighted by atomic mass is 19.1. The lowest BCUT2D eigenvalue weighted by atomic mass is 9.93. The van der Waals surface area contributed by atoms with Crippen molar-refractivity contribution in [2.75, 3.05) is 31.6 Å². The number of ether oxygens (including phenoxy) is 1. The van der Waals surface area contributed by atoms with Gasteiger partial charge in [-0.3, -0.25) is 19.7 Å². The molecule has 1 saturated carbocycles. The number of nitrogens with zero attached hydrogens (tertiary/aromatic N) is 6. The highest BCUT2D eigenvalue weighted by Crippen LogP contribution is 2.35. The molecule has 10 nitrogen and oxygen atoms in total. The van der Waals surface area contributed by atoms with Crippen molar-refractivity contribution in [1.29, 1.82) is 0 Å². The highest BCUT2D eigenvalue weighted by molar-refractivity contribution is 6.05. The maximum Gasteiger partial charge on any atom is 0.261 e. The van der Waals surface area contributed by atoms with Crippen LogP contribution in [0, 0.1) is 19.7 Å². The Morgan fingerprint density at radius 3 is 2.59 bits per heavy atom. The molecule has 0 radical (unpaired) electrons. The topological polar surface area (TPSA) is 110 Å². The molecular formula is C30H36FN7O3. The van der Waals surface area contributed by atoms with Gasteiger partial charge in [0.15, 0.2) is 5.82 Å². The molecule has 1 aliphatic carbocycles. The van der Waals surface area contributed by atoms with Gasteiger partial charge in [-0.05, 0) is 63.3 Å². The van der Waals surface area contributed by atoms with Gasteiger partial charge in [0.25, 0.3) is 5.91 Å². The molecule has 216 valence electrons. The van der Waals surface area contributed by atoms with Crippen molar-refractivity contribution in [3.05, 3.63) is 58.8 Å². The number of pyridine rings is 1. The molecule has 4 heterocycles.